The largest absolute Gasteiger partial charge is 0.325 e. The first kappa shape index (κ1) is 15.1. The lowest BCUT2D eigenvalue weighted by atomic mass is 9.79. The van der Waals surface area contributed by atoms with E-state index in [0.717, 1.165) is 27.9 Å². The molecule has 0 fully saturated rings. The van der Waals surface area contributed by atoms with Gasteiger partial charge in [-0.3, -0.25) is 14.6 Å². The molecule has 4 heteroatoms. The van der Waals surface area contributed by atoms with Crippen LogP contribution in [0.4, 0.5) is 5.69 Å². The van der Waals surface area contributed by atoms with Crippen LogP contribution in [0.5, 0.6) is 0 Å². The van der Waals surface area contributed by atoms with E-state index in [1.807, 2.05) is 45.0 Å². The van der Waals surface area contributed by atoms with Crippen molar-refractivity contribution in [1.29, 1.82) is 0 Å². The van der Waals surface area contributed by atoms with Crippen LogP contribution >= 0.6 is 0 Å². The molecule has 24 heavy (non-hydrogen) atoms. The summed E-state index contributed by atoms with van der Waals surface area (Å²) in [5, 5.41) is 2.98. The van der Waals surface area contributed by atoms with Gasteiger partial charge in [0, 0.05) is 34.6 Å². The van der Waals surface area contributed by atoms with Crippen LogP contribution in [0.2, 0.25) is 0 Å². The summed E-state index contributed by atoms with van der Waals surface area (Å²) in [4.78, 5) is 29.5. The molecule has 1 spiro atoms. The summed E-state index contributed by atoms with van der Waals surface area (Å²) in [6.45, 7) is 5.78. The molecule has 4 rings (SSSR count). The van der Waals surface area contributed by atoms with Crippen LogP contribution in [0.3, 0.4) is 0 Å². The fraction of sp³-hybridized carbons (Fsp3) is 0.350. The Morgan fingerprint density at radius 2 is 1.92 bits per heavy atom. The number of hydrogen-bond donors (Lipinski definition) is 1. The zero-order valence-corrected chi connectivity index (χ0v) is 14.1. The zero-order valence-electron chi connectivity index (χ0n) is 14.1. The molecule has 1 N–H and O–H groups in total. The van der Waals surface area contributed by atoms with E-state index in [9.17, 15) is 9.59 Å². The lowest BCUT2D eigenvalue weighted by Gasteiger charge is -2.20. The third kappa shape index (κ3) is 2.02. The molecule has 1 aliphatic carbocycles. The minimum atomic E-state index is -0.574. The van der Waals surface area contributed by atoms with Crippen LogP contribution in [-0.4, -0.2) is 16.7 Å². The summed E-state index contributed by atoms with van der Waals surface area (Å²) in [6.07, 6.45) is 4.77. The van der Waals surface area contributed by atoms with Gasteiger partial charge in [0.1, 0.15) is 0 Å². The maximum Gasteiger partial charge on any atom is 0.235 e. The molecule has 2 aliphatic rings. The van der Waals surface area contributed by atoms with Gasteiger partial charge in [-0.05, 0) is 36.1 Å². The van der Waals surface area contributed by atoms with Gasteiger partial charge < -0.3 is 5.32 Å². The van der Waals surface area contributed by atoms with Gasteiger partial charge >= 0.3 is 0 Å². The lowest BCUT2D eigenvalue weighted by Crippen LogP contribution is -2.35. The molecule has 0 saturated carbocycles. The minimum absolute atomic E-state index is 0.0328. The summed E-state index contributed by atoms with van der Waals surface area (Å²) in [5.74, 6) is 0.162. The van der Waals surface area contributed by atoms with Crippen LogP contribution in [-0.2, 0) is 23.1 Å². The second kappa shape index (κ2) is 4.76. The number of nitrogens with one attached hydrogen (secondary N) is 1. The van der Waals surface area contributed by atoms with Gasteiger partial charge in [0.25, 0.3) is 0 Å². The Morgan fingerprint density at radius 1 is 1.17 bits per heavy atom. The zero-order chi connectivity index (χ0) is 17.1. The fourth-order valence-corrected chi connectivity index (χ4v) is 3.85. The van der Waals surface area contributed by atoms with Gasteiger partial charge in [-0.2, -0.15) is 0 Å². The van der Waals surface area contributed by atoms with Gasteiger partial charge in [0.2, 0.25) is 5.91 Å². The second-order valence-corrected chi connectivity index (χ2v) is 7.87. The third-order valence-corrected chi connectivity index (χ3v) is 5.15. The molecule has 0 saturated heterocycles. The first-order valence-electron chi connectivity index (χ1n) is 8.24. The third-order valence-electron chi connectivity index (χ3n) is 5.15. The number of carbonyl (C=O) groups excluding carboxylic acids is 2. The van der Waals surface area contributed by atoms with Crippen LogP contribution in [0.1, 0.15) is 47.8 Å². The van der Waals surface area contributed by atoms with Crippen molar-refractivity contribution in [1.82, 2.24) is 4.98 Å². The number of benzene rings is 1. The number of amides is 1. The molecule has 1 aromatic heterocycles. The van der Waals surface area contributed by atoms with Crippen molar-refractivity contribution < 1.29 is 9.59 Å². The predicted molar refractivity (Wildman–Crippen MR) is 92.2 cm³/mol. The molecule has 4 nitrogen and oxygen atoms in total. The first-order valence-corrected chi connectivity index (χ1v) is 8.24. The van der Waals surface area contributed by atoms with Gasteiger partial charge in [-0.1, -0.05) is 32.9 Å². The highest BCUT2D eigenvalue weighted by atomic mass is 16.2. The highest BCUT2D eigenvalue weighted by Gasteiger charge is 2.50. The van der Waals surface area contributed by atoms with E-state index in [0.29, 0.717) is 12.8 Å². The molecule has 2 aromatic rings. The Hall–Kier alpha value is -2.49. The van der Waals surface area contributed by atoms with Crippen molar-refractivity contribution in [3.05, 3.63) is 58.9 Å². The van der Waals surface area contributed by atoms with Gasteiger partial charge in [0.05, 0.1) is 5.41 Å². The van der Waals surface area contributed by atoms with Crippen molar-refractivity contribution in [2.45, 2.75) is 39.0 Å². The Morgan fingerprint density at radius 3 is 2.67 bits per heavy atom. The number of nitrogens with zero attached hydrogens (tertiary/aromatic N) is 1. The smallest absolute Gasteiger partial charge is 0.235 e. The van der Waals surface area contributed by atoms with Crippen molar-refractivity contribution in [3.63, 3.8) is 0 Å². The lowest BCUT2D eigenvalue weighted by molar-refractivity contribution is -0.120. The topological polar surface area (TPSA) is 59.1 Å². The number of aromatic nitrogens is 1. The number of hydrogen-bond acceptors (Lipinski definition) is 3. The molecule has 2 heterocycles. The maximum atomic E-state index is 12.7. The second-order valence-electron chi connectivity index (χ2n) is 7.87. The normalized spacial score (nSPS) is 21.5. The van der Waals surface area contributed by atoms with Crippen LogP contribution in [0.25, 0.3) is 0 Å². The summed E-state index contributed by atoms with van der Waals surface area (Å²) >= 11 is 0. The summed E-state index contributed by atoms with van der Waals surface area (Å²) in [7, 11) is 0. The van der Waals surface area contributed by atoms with Crippen molar-refractivity contribution in [2.24, 2.45) is 5.41 Å². The molecule has 1 aliphatic heterocycles. The standard InChI is InChI=1S/C20H20N2O2/c1-19(2,3)17(23)12-4-5-13-9-20(10-14(13)8-12)15-11-21-7-6-16(15)22-18(20)24/h4-8,11H,9-10H2,1-3H3,(H,22,24). The number of Topliss-reactive ketones (excluding diaryl/α,β-unsaturated/α-hetero) is 1. The Kier molecular flexibility index (Phi) is 2.99. The van der Waals surface area contributed by atoms with E-state index in [1.54, 1.807) is 12.4 Å². The Bertz CT molecular complexity index is 879. The molecular formula is C20H20N2O2. The van der Waals surface area contributed by atoms with Crippen molar-refractivity contribution in [3.8, 4) is 0 Å². The van der Waals surface area contributed by atoms with E-state index in [2.05, 4.69) is 10.3 Å². The molecule has 1 aromatic carbocycles. The number of carbonyl (C=O) groups is 2. The van der Waals surface area contributed by atoms with E-state index >= 15 is 0 Å². The molecule has 0 radical (unpaired) electrons. The first-order chi connectivity index (χ1) is 11.3. The van der Waals surface area contributed by atoms with E-state index in [-0.39, 0.29) is 11.7 Å². The van der Waals surface area contributed by atoms with E-state index in [4.69, 9.17) is 0 Å². The molecular weight excluding hydrogens is 300 g/mol. The Balaban J connectivity index is 1.75. The number of ketones is 1. The number of rotatable bonds is 1. The fourth-order valence-electron chi connectivity index (χ4n) is 3.85. The monoisotopic (exact) mass is 320 g/mol. The molecule has 1 amide bonds. The SMILES string of the molecule is CC(C)(C)C(=O)c1ccc2c(c1)CC1(C2)C(=O)Nc2ccncc21. The van der Waals surface area contributed by atoms with Gasteiger partial charge in [-0.25, -0.2) is 0 Å². The van der Waals surface area contributed by atoms with E-state index < -0.39 is 10.8 Å². The molecule has 1 atom stereocenters. The van der Waals surface area contributed by atoms with Crippen LogP contribution in [0, 0.1) is 5.41 Å². The molecule has 0 bridgehead atoms. The highest BCUT2D eigenvalue weighted by Crippen LogP contribution is 2.47. The summed E-state index contributed by atoms with van der Waals surface area (Å²) in [5.41, 5.74) is 3.80. The quantitative estimate of drug-likeness (QED) is 0.820. The summed E-state index contributed by atoms with van der Waals surface area (Å²) < 4.78 is 0. The van der Waals surface area contributed by atoms with Crippen LogP contribution < -0.4 is 5.32 Å². The van der Waals surface area contributed by atoms with E-state index in [1.165, 1.54) is 0 Å². The van der Waals surface area contributed by atoms with Gasteiger partial charge in [0.15, 0.2) is 5.78 Å². The Labute approximate surface area is 141 Å². The van der Waals surface area contributed by atoms with Crippen molar-refractivity contribution in [2.75, 3.05) is 5.32 Å². The maximum absolute atomic E-state index is 12.7. The highest BCUT2D eigenvalue weighted by molar-refractivity contribution is 6.07. The number of anilines is 1. The average Bonchev–Trinajstić information content (AvgIpc) is 3.04. The van der Waals surface area contributed by atoms with Gasteiger partial charge in [-0.15, -0.1) is 0 Å². The number of pyridine rings is 1. The minimum Gasteiger partial charge on any atom is -0.325 e. The average molecular weight is 320 g/mol. The summed E-state index contributed by atoms with van der Waals surface area (Å²) in [6, 6.07) is 7.71. The predicted octanol–water partition coefficient (Wildman–Crippen LogP) is 3.30. The van der Waals surface area contributed by atoms with Crippen molar-refractivity contribution >= 4 is 17.4 Å². The van der Waals surface area contributed by atoms with Crippen LogP contribution in [0.15, 0.2) is 36.7 Å². The number of fused-ring (bicyclic) bond motifs is 3. The molecule has 122 valence electrons. The molecule has 1 unspecified atom stereocenters.